The predicted octanol–water partition coefficient (Wildman–Crippen LogP) is 4.73. The van der Waals surface area contributed by atoms with Gasteiger partial charge in [0.25, 0.3) is 0 Å². The van der Waals surface area contributed by atoms with Crippen LogP contribution in [-0.2, 0) is 27.8 Å². The van der Waals surface area contributed by atoms with Crippen molar-refractivity contribution in [1.82, 2.24) is 28.7 Å². The second kappa shape index (κ2) is 17.4. The van der Waals surface area contributed by atoms with Gasteiger partial charge in [-0.25, -0.2) is 13.2 Å². The van der Waals surface area contributed by atoms with Crippen LogP contribution in [0.2, 0.25) is 5.02 Å². The van der Waals surface area contributed by atoms with Crippen molar-refractivity contribution in [3.8, 4) is 17.1 Å². The number of aromatic nitrogens is 4. The number of nitrogens with one attached hydrogen (secondary N) is 1. The fourth-order valence-electron chi connectivity index (χ4n) is 6.31. The standard InChI is InChI=1S/C39H46ClN7O6S/c1-25(2)21-45(54(52,53)30-13-14-31(40)32(41)19-30)23-35(48)33(18-27-9-6-5-7-10-27)44-38(50)37(26(3)4)47-24-36(49)46(39(47)51)22-28-11-8-12-29(17-28)34-20-42-15-16-43-34/h5-17,19-20,24-26,33,35,37,48-49H,18,21-23,41H2,1-4H3,(H,44,50)/t33-,35+,37-/m0/s1. The highest BCUT2D eigenvalue weighted by atomic mass is 35.5. The van der Waals surface area contributed by atoms with Gasteiger partial charge < -0.3 is 21.3 Å². The number of benzene rings is 3. The van der Waals surface area contributed by atoms with Gasteiger partial charge in [-0.15, -0.1) is 0 Å². The molecule has 54 heavy (non-hydrogen) atoms. The summed E-state index contributed by atoms with van der Waals surface area (Å²) in [5.41, 5.74) is 8.37. The zero-order chi connectivity index (χ0) is 39.2. The molecule has 2 aromatic heterocycles. The van der Waals surface area contributed by atoms with E-state index in [1.165, 1.54) is 37.8 Å². The Balaban J connectivity index is 1.43. The summed E-state index contributed by atoms with van der Waals surface area (Å²) in [7, 11) is -4.15. The highest BCUT2D eigenvalue weighted by Crippen LogP contribution is 2.27. The summed E-state index contributed by atoms with van der Waals surface area (Å²) in [5.74, 6) is -1.46. The Morgan fingerprint density at radius 1 is 0.981 bits per heavy atom. The fraction of sp³-hybridized carbons (Fsp3) is 0.333. The van der Waals surface area contributed by atoms with Crippen LogP contribution in [0, 0.1) is 11.8 Å². The molecule has 2 heterocycles. The average Bonchev–Trinajstić information content (AvgIpc) is 3.40. The van der Waals surface area contributed by atoms with Crippen molar-refractivity contribution >= 4 is 33.2 Å². The number of nitrogens with zero attached hydrogens (tertiary/aromatic N) is 5. The first-order chi connectivity index (χ1) is 25.6. The zero-order valence-electron chi connectivity index (χ0n) is 30.6. The van der Waals surface area contributed by atoms with Crippen molar-refractivity contribution in [2.75, 3.05) is 18.8 Å². The average molecular weight is 776 g/mol. The van der Waals surface area contributed by atoms with Crippen molar-refractivity contribution in [2.24, 2.45) is 11.8 Å². The Morgan fingerprint density at radius 2 is 1.70 bits per heavy atom. The Morgan fingerprint density at radius 3 is 2.35 bits per heavy atom. The molecule has 3 aromatic carbocycles. The van der Waals surface area contributed by atoms with E-state index < -0.39 is 45.7 Å². The molecule has 0 aliphatic heterocycles. The normalized spacial score (nSPS) is 13.6. The third kappa shape index (κ3) is 9.55. The number of halogens is 1. The van der Waals surface area contributed by atoms with E-state index in [9.17, 15) is 28.2 Å². The lowest BCUT2D eigenvalue weighted by molar-refractivity contribution is -0.127. The number of aliphatic hydroxyl groups is 1. The molecule has 0 aliphatic rings. The summed E-state index contributed by atoms with van der Waals surface area (Å²) in [4.78, 5) is 36.5. The molecule has 0 spiro atoms. The molecule has 0 saturated heterocycles. The Labute approximate surface area is 320 Å². The lowest BCUT2D eigenvalue weighted by Crippen LogP contribution is -2.53. The number of imidazole rings is 1. The fourth-order valence-corrected chi connectivity index (χ4v) is 8.08. The van der Waals surface area contributed by atoms with Crippen molar-refractivity contribution < 1.29 is 23.4 Å². The van der Waals surface area contributed by atoms with Crippen LogP contribution in [0.3, 0.4) is 0 Å². The van der Waals surface area contributed by atoms with Crippen LogP contribution in [0.4, 0.5) is 5.69 Å². The van der Waals surface area contributed by atoms with Crippen LogP contribution in [-0.4, -0.2) is 73.2 Å². The second-order valence-corrected chi connectivity index (χ2v) is 16.4. The monoisotopic (exact) mass is 775 g/mol. The number of amides is 1. The second-order valence-electron chi connectivity index (χ2n) is 14.0. The molecule has 13 nitrogen and oxygen atoms in total. The molecule has 0 fully saturated rings. The minimum Gasteiger partial charge on any atom is -0.493 e. The molecular weight excluding hydrogens is 730 g/mol. The van der Waals surface area contributed by atoms with Gasteiger partial charge in [0.2, 0.25) is 21.8 Å². The van der Waals surface area contributed by atoms with E-state index >= 15 is 0 Å². The lowest BCUT2D eigenvalue weighted by Gasteiger charge is -2.32. The van der Waals surface area contributed by atoms with Gasteiger partial charge in [-0.1, -0.05) is 87.8 Å². The summed E-state index contributed by atoms with van der Waals surface area (Å²) in [6.45, 7) is 7.00. The van der Waals surface area contributed by atoms with E-state index in [1.807, 2.05) is 68.4 Å². The maximum absolute atomic E-state index is 14.2. The molecule has 0 radical (unpaired) electrons. The minimum absolute atomic E-state index is 0.0208. The van der Waals surface area contributed by atoms with Gasteiger partial charge >= 0.3 is 5.69 Å². The number of sulfonamides is 1. The molecule has 15 heteroatoms. The third-order valence-corrected chi connectivity index (χ3v) is 11.1. The number of nitrogen functional groups attached to an aromatic ring is 1. The molecule has 1 amide bonds. The Kier molecular flexibility index (Phi) is 13.0. The van der Waals surface area contributed by atoms with E-state index in [2.05, 4.69) is 15.3 Å². The first-order valence-corrected chi connectivity index (χ1v) is 19.4. The SMILES string of the molecule is CC(C)CN(C[C@@H](O)[C@H](Cc1ccccc1)NC(=O)[C@H](C(C)C)n1cc(O)n(Cc2cccc(-c3cnccn3)c2)c1=O)S(=O)(=O)c1ccc(Cl)c(N)c1. The van der Waals surface area contributed by atoms with E-state index in [-0.39, 0.29) is 53.5 Å². The number of anilines is 1. The quantitative estimate of drug-likeness (QED) is 0.103. The summed E-state index contributed by atoms with van der Waals surface area (Å²) in [5, 5.41) is 25.9. The number of rotatable bonds is 16. The highest BCUT2D eigenvalue weighted by Gasteiger charge is 2.34. The summed E-state index contributed by atoms with van der Waals surface area (Å²) >= 11 is 6.07. The van der Waals surface area contributed by atoms with Gasteiger partial charge in [0.05, 0.1) is 52.4 Å². The molecule has 5 N–H and O–H groups in total. The van der Waals surface area contributed by atoms with Crippen LogP contribution in [0.25, 0.3) is 11.3 Å². The van der Waals surface area contributed by atoms with E-state index in [0.717, 1.165) is 11.1 Å². The third-order valence-electron chi connectivity index (χ3n) is 8.96. The van der Waals surface area contributed by atoms with Crippen molar-refractivity contribution in [3.63, 3.8) is 0 Å². The summed E-state index contributed by atoms with van der Waals surface area (Å²) in [6, 6.07) is 18.5. The zero-order valence-corrected chi connectivity index (χ0v) is 32.2. The maximum Gasteiger partial charge on any atom is 0.332 e. The van der Waals surface area contributed by atoms with Crippen molar-refractivity contribution in [3.05, 3.63) is 124 Å². The van der Waals surface area contributed by atoms with Gasteiger partial charge in [0, 0.05) is 31.0 Å². The van der Waals surface area contributed by atoms with Crippen molar-refractivity contribution in [2.45, 2.75) is 63.7 Å². The van der Waals surface area contributed by atoms with Gasteiger partial charge in [0.15, 0.2) is 0 Å². The molecule has 286 valence electrons. The number of aliphatic hydroxyl groups excluding tert-OH is 1. The topological polar surface area (TPSA) is 186 Å². The molecular formula is C39H46ClN7O6S. The van der Waals surface area contributed by atoms with Crippen molar-refractivity contribution in [1.29, 1.82) is 0 Å². The molecule has 0 unspecified atom stereocenters. The minimum atomic E-state index is -4.15. The Bertz CT molecular complexity index is 2210. The van der Waals surface area contributed by atoms with Gasteiger partial charge in [0.1, 0.15) is 6.04 Å². The molecule has 0 bridgehead atoms. The smallest absolute Gasteiger partial charge is 0.332 e. The van der Waals surface area contributed by atoms with E-state index in [1.54, 1.807) is 32.4 Å². The van der Waals surface area contributed by atoms with Crippen LogP contribution in [0.1, 0.15) is 44.9 Å². The number of hydrogen-bond acceptors (Lipinski definition) is 9. The molecule has 0 aliphatic carbocycles. The van der Waals surface area contributed by atoms with Crippen LogP contribution in [0.5, 0.6) is 5.88 Å². The number of hydrogen-bond donors (Lipinski definition) is 4. The number of carbonyl (C=O) groups is 1. The van der Waals surface area contributed by atoms with Crippen LogP contribution in [0.15, 0.2) is 107 Å². The molecule has 5 rings (SSSR count). The maximum atomic E-state index is 14.2. The molecule has 0 saturated carbocycles. The van der Waals surface area contributed by atoms with Crippen LogP contribution >= 0.6 is 11.6 Å². The largest absolute Gasteiger partial charge is 0.493 e. The number of carbonyl (C=O) groups excluding carboxylic acids is 1. The first-order valence-electron chi connectivity index (χ1n) is 17.6. The highest BCUT2D eigenvalue weighted by molar-refractivity contribution is 7.89. The van der Waals surface area contributed by atoms with Crippen LogP contribution < -0.4 is 16.7 Å². The summed E-state index contributed by atoms with van der Waals surface area (Å²) < 4.78 is 31.3. The van der Waals surface area contributed by atoms with Gasteiger partial charge in [-0.05, 0) is 53.6 Å². The number of aromatic hydroxyl groups is 1. The first kappa shape index (κ1) is 40.2. The van der Waals surface area contributed by atoms with E-state index in [0.29, 0.717) is 11.3 Å². The number of nitrogens with two attached hydrogens (primary N) is 1. The molecule has 5 aromatic rings. The Hall–Kier alpha value is -5.02. The lowest BCUT2D eigenvalue weighted by atomic mass is 9.98. The predicted molar refractivity (Wildman–Crippen MR) is 208 cm³/mol. The molecule has 3 atom stereocenters. The van der Waals surface area contributed by atoms with Gasteiger partial charge in [-0.2, -0.15) is 4.31 Å². The van der Waals surface area contributed by atoms with Gasteiger partial charge in [-0.3, -0.25) is 23.9 Å². The van der Waals surface area contributed by atoms with E-state index in [4.69, 9.17) is 17.3 Å². The summed E-state index contributed by atoms with van der Waals surface area (Å²) in [6.07, 6.45) is 4.80.